The Bertz CT molecular complexity index is 835. The molecule has 3 aliphatic heterocycles. The third-order valence-electron chi connectivity index (χ3n) is 5.30. The molecule has 1 fully saturated rings. The lowest BCUT2D eigenvalue weighted by atomic mass is 9.81. The average molecular weight is 356 g/mol. The Morgan fingerprint density at radius 1 is 0.846 bits per heavy atom. The summed E-state index contributed by atoms with van der Waals surface area (Å²) in [5, 5.41) is 11.3. The molecule has 6 heteroatoms. The first-order valence-electron chi connectivity index (χ1n) is 8.77. The van der Waals surface area contributed by atoms with Crippen molar-refractivity contribution in [2.45, 2.75) is 18.4 Å². The lowest BCUT2D eigenvalue weighted by Crippen LogP contribution is -2.40. The summed E-state index contributed by atoms with van der Waals surface area (Å²) >= 11 is 0. The van der Waals surface area contributed by atoms with Gasteiger partial charge in [0.05, 0.1) is 18.8 Å². The predicted molar refractivity (Wildman–Crippen MR) is 91.8 cm³/mol. The van der Waals surface area contributed by atoms with Gasteiger partial charge < -0.3 is 28.8 Å². The Balaban J connectivity index is 1.34. The zero-order valence-electron chi connectivity index (χ0n) is 14.3. The topological polar surface area (TPSA) is 66.4 Å². The first kappa shape index (κ1) is 15.8. The first-order valence-corrected chi connectivity index (χ1v) is 8.77. The Hall–Kier alpha value is -2.44. The molecule has 0 unspecified atom stereocenters. The Morgan fingerprint density at radius 2 is 1.46 bits per heavy atom. The minimum Gasteiger partial charge on any atom is -0.454 e. The van der Waals surface area contributed by atoms with Gasteiger partial charge in [0.1, 0.15) is 0 Å². The van der Waals surface area contributed by atoms with Gasteiger partial charge in [-0.25, -0.2) is 0 Å². The van der Waals surface area contributed by atoms with E-state index in [0.717, 1.165) is 40.5 Å². The van der Waals surface area contributed by atoms with E-state index in [1.54, 1.807) is 0 Å². The van der Waals surface area contributed by atoms with Crippen LogP contribution in [-0.2, 0) is 17.6 Å². The van der Waals surface area contributed by atoms with Gasteiger partial charge in [-0.15, -0.1) is 0 Å². The highest BCUT2D eigenvalue weighted by Crippen LogP contribution is 2.38. The van der Waals surface area contributed by atoms with Gasteiger partial charge in [-0.1, -0.05) is 12.1 Å². The van der Waals surface area contributed by atoms with Gasteiger partial charge in [0, 0.05) is 12.3 Å². The number of aliphatic hydroxyl groups is 1. The van der Waals surface area contributed by atoms with Crippen LogP contribution in [0.3, 0.4) is 0 Å². The van der Waals surface area contributed by atoms with Crippen LogP contribution >= 0.6 is 0 Å². The summed E-state index contributed by atoms with van der Waals surface area (Å²) in [4.78, 5) is 0. The molecular formula is C20H20O6. The summed E-state index contributed by atoms with van der Waals surface area (Å²) in [7, 11) is 0. The Morgan fingerprint density at radius 3 is 2.19 bits per heavy atom. The van der Waals surface area contributed by atoms with Crippen LogP contribution in [0.25, 0.3) is 0 Å². The molecule has 1 saturated heterocycles. The number of ether oxygens (including phenoxy) is 5. The van der Waals surface area contributed by atoms with Crippen LogP contribution in [0.1, 0.15) is 11.1 Å². The highest BCUT2D eigenvalue weighted by Gasteiger charge is 2.42. The number of rotatable bonds is 4. The second-order valence-electron chi connectivity index (χ2n) is 7.07. The molecule has 2 atom stereocenters. The van der Waals surface area contributed by atoms with Crippen LogP contribution in [0.2, 0.25) is 0 Å². The smallest absolute Gasteiger partial charge is 0.231 e. The molecule has 3 heterocycles. The van der Waals surface area contributed by atoms with E-state index >= 15 is 0 Å². The van der Waals surface area contributed by atoms with Gasteiger partial charge >= 0.3 is 0 Å². The van der Waals surface area contributed by atoms with Crippen molar-refractivity contribution < 1.29 is 28.8 Å². The minimum atomic E-state index is -0.913. The Kier molecular flexibility index (Phi) is 3.69. The highest BCUT2D eigenvalue weighted by molar-refractivity contribution is 5.46. The third kappa shape index (κ3) is 2.75. The van der Waals surface area contributed by atoms with E-state index in [1.807, 2.05) is 36.4 Å². The molecule has 1 N–H and O–H groups in total. The molecule has 2 aromatic rings. The van der Waals surface area contributed by atoms with Crippen LogP contribution in [0.4, 0.5) is 0 Å². The van der Waals surface area contributed by atoms with Gasteiger partial charge in [-0.3, -0.25) is 0 Å². The molecule has 2 aromatic carbocycles. The van der Waals surface area contributed by atoms with Gasteiger partial charge in [0.15, 0.2) is 23.0 Å². The summed E-state index contributed by atoms with van der Waals surface area (Å²) in [6.07, 6.45) is 1.23. The van der Waals surface area contributed by atoms with Crippen molar-refractivity contribution in [3.63, 3.8) is 0 Å². The van der Waals surface area contributed by atoms with E-state index in [2.05, 4.69) is 0 Å². The maximum atomic E-state index is 11.3. The molecule has 136 valence electrons. The highest BCUT2D eigenvalue weighted by atomic mass is 16.7. The standard InChI is InChI=1S/C20H20O6/c21-20(8-14-2-4-17-19(7-14)26-12-24-17)10-22-9-15(20)5-13-1-3-16-18(6-13)25-11-23-16/h1-4,6-7,15,21H,5,8-12H2/t15-,20+/m0/s1. The lowest BCUT2D eigenvalue weighted by molar-refractivity contribution is 0.00142. The van der Waals surface area contributed by atoms with Crippen molar-refractivity contribution in [2.75, 3.05) is 26.8 Å². The van der Waals surface area contributed by atoms with Gasteiger partial charge in [-0.2, -0.15) is 0 Å². The molecule has 0 amide bonds. The van der Waals surface area contributed by atoms with E-state index in [9.17, 15) is 5.11 Å². The van der Waals surface area contributed by atoms with Crippen molar-refractivity contribution in [1.82, 2.24) is 0 Å². The maximum absolute atomic E-state index is 11.3. The van der Waals surface area contributed by atoms with Crippen molar-refractivity contribution in [2.24, 2.45) is 5.92 Å². The normalized spacial score (nSPS) is 25.7. The largest absolute Gasteiger partial charge is 0.454 e. The molecule has 0 spiro atoms. The summed E-state index contributed by atoms with van der Waals surface area (Å²) in [6, 6.07) is 11.7. The molecular weight excluding hydrogens is 336 g/mol. The molecule has 5 rings (SSSR count). The van der Waals surface area contributed by atoms with Crippen LogP contribution < -0.4 is 18.9 Å². The van der Waals surface area contributed by atoms with Crippen LogP contribution in [0, 0.1) is 5.92 Å². The zero-order chi connectivity index (χ0) is 17.6. The summed E-state index contributed by atoms with van der Waals surface area (Å²) in [5.41, 5.74) is 1.20. The van der Waals surface area contributed by atoms with E-state index in [4.69, 9.17) is 23.7 Å². The van der Waals surface area contributed by atoms with Crippen molar-refractivity contribution >= 4 is 0 Å². The second kappa shape index (κ2) is 6.07. The molecule has 26 heavy (non-hydrogen) atoms. The molecule has 3 aliphatic rings. The number of hydrogen-bond acceptors (Lipinski definition) is 6. The number of hydrogen-bond donors (Lipinski definition) is 1. The minimum absolute atomic E-state index is 0.00768. The molecule has 0 aliphatic carbocycles. The van der Waals surface area contributed by atoms with Crippen molar-refractivity contribution in [1.29, 1.82) is 0 Å². The quantitative estimate of drug-likeness (QED) is 0.907. The summed E-state index contributed by atoms with van der Waals surface area (Å²) in [6.45, 7) is 1.38. The number of fused-ring (bicyclic) bond motifs is 2. The fourth-order valence-electron chi connectivity index (χ4n) is 3.85. The van der Waals surface area contributed by atoms with E-state index in [1.165, 1.54) is 0 Å². The first-order chi connectivity index (χ1) is 12.7. The van der Waals surface area contributed by atoms with E-state index in [0.29, 0.717) is 19.6 Å². The van der Waals surface area contributed by atoms with Gasteiger partial charge in [-0.05, 0) is 41.8 Å². The molecule has 0 bridgehead atoms. The number of benzene rings is 2. The van der Waals surface area contributed by atoms with E-state index < -0.39 is 5.60 Å². The van der Waals surface area contributed by atoms with Crippen molar-refractivity contribution in [3.8, 4) is 23.0 Å². The zero-order valence-corrected chi connectivity index (χ0v) is 14.3. The summed E-state index contributed by atoms with van der Waals surface area (Å²) in [5.74, 6) is 3.03. The van der Waals surface area contributed by atoms with Crippen LogP contribution in [-0.4, -0.2) is 37.5 Å². The molecule has 0 aromatic heterocycles. The average Bonchev–Trinajstić information content (AvgIpc) is 3.35. The van der Waals surface area contributed by atoms with Crippen molar-refractivity contribution in [3.05, 3.63) is 47.5 Å². The molecule has 6 nitrogen and oxygen atoms in total. The fraction of sp³-hybridized carbons (Fsp3) is 0.400. The van der Waals surface area contributed by atoms with Gasteiger partial charge in [0.25, 0.3) is 0 Å². The fourth-order valence-corrected chi connectivity index (χ4v) is 3.85. The monoisotopic (exact) mass is 356 g/mol. The van der Waals surface area contributed by atoms with E-state index in [-0.39, 0.29) is 19.5 Å². The van der Waals surface area contributed by atoms with Crippen LogP contribution in [0.5, 0.6) is 23.0 Å². The SMILES string of the molecule is O[C@]1(Cc2ccc3c(c2)OCO3)COC[C@@H]1Cc1ccc2c(c1)OCO2. The lowest BCUT2D eigenvalue weighted by Gasteiger charge is -2.28. The third-order valence-corrected chi connectivity index (χ3v) is 5.30. The summed E-state index contributed by atoms with van der Waals surface area (Å²) < 4.78 is 27.2. The Labute approximate surface area is 151 Å². The predicted octanol–water partition coefficient (Wildman–Crippen LogP) is 2.31. The molecule has 0 radical (unpaired) electrons. The van der Waals surface area contributed by atoms with Crippen LogP contribution in [0.15, 0.2) is 36.4 Å². The second-order valence-corrected chi connectivity index (χ2v) is 7.07. The maximum Gasteiger partial charge on any atom is 0.231 e. The van der Waals surface area contributed by atoms with Gasteiger partial charge in [0.2, 0.25) is 13.6 Å². The molecule has 0 saturated carbocycles.